The molecule has 0 radical (unpaired) electrons. The van der Waals surface area contributed by atoms with Gasteiger partial charge in [0.05, 0.1) is 0 Å². The molecule has 1 heterocycles. The summed E-state index contributed by atoms with van der Waals surface area (Å²) in [5.74, 6) is -1.10. The Bertz CT molecular complexity index is 365. The highest BCUT2D eigenvalue weighted by Crippen LogP contribution is 2.41. The maximum atomic E-state index is 13.0. The van der Waals surface area contributed by atoms with Crippen LogP contribution in [-0.2, 0) is 4.74 Å². The number of halogens is 3. The fourth-order valence-corrected chi connectivity index (χ4v) is 2.27. The van der Waals surface area contributed by atoms with Crippen LogP contribution in [0.2, 0.25) is 0 Å². The van der Waals surface area contributed by atoms with Gasteiger partial charge in [-0.25, -0.2) is 4.79 Å². The molecule has 0 aliphatic carbocycles. The maximum Gasteiger partial charge on any atom is 0.417 e. The molecule has 0 unspecified atom stereocenters. The highest BCUT2D eigenvalue weighted by atomic mass is 19.4. The van der Waals surface area contributed by atoms with Crippen LogP contribution in [-0.4, -0.2) is 46.6 Å². The number of amides is 1. The first-order valence-electron chi connectivity index (χ1n) is 6.64. The number of carbonyl (C=O) groups is 1. The highest BCUT2D eigenvalue weighted by molar-refractivity contribution is 5.68. The third kappa shape index (κ3) is 3.77. The first-order valence-corrected chi connectivity index (χ1v) is 6.64. The number of aliphatic hydroxyl groups is 1. The number of nitrogens with zero attached hydrogens (tertiary/aromatic N) is 1. The standard InChI is InChI=1S/C13H22F3NO3/c1-9-8-17(10(18)20-11(2,3)4)7-5-6-12(9,19)13(14,15)16/h9,19H,5-8H2,1-4H3/t9-,12+/m1/s1. The summed E-state index contributed by atoms with van der Waals surface area (Å²) < 4.78 is 44.1. The van der Waals surface area contributed by atoms with Crippen molar-refractivity contribution in [3.63, 3.8) is 0 Å². The Morgan fingerprint density at radius 2 is 1.90 bits per heavy atom. The van der Waals surface area contributed by atoms with Crippen molar-refractivity contribution < 1.29 is 27.8 Å². The van der Waals surface area contributed by atoms with E-state index in [-0.39, 0.29) is 19.5 Å². The van der Waals surface area contributed by atoms with E-state index in [0.717, 1.165) is 0 Å². The third-order valence-electron chi connectivity index (χ3n) is 3.44. The topological polar surface area (TPSA) is 49.8 Å². The van der Waals surface area contributed by atoms with Crippen molar-refractivity contribution in [1.82, 2.24) is 4.90 Å². The van der Waals surface area contributed by atoms with Crippen molar-refractivity contribution >= 4 is 6.09 Å². The molecule has 1 amide bonds. The molecule has 1 rings (SSSR count). The molecule has 0 spiro atoms. The minimum atomic E-state index is -4.70. The lowest BCUT2D eigenvalue weighted by Gasteiger charge is -2.35. The van der Waals surface area contributed by atoms with Gasteiger partial charge in [0, 0.05) is 19.0 Å². The minimum absolute atomic E-state index is 0.0829. The molecule has 2 atom stereocenters. The van der Waals surface area contributed by atoms with Gasteiger partial charge in [-0.05, 0) is 33.6 Å². The van der Waals surface area contributed by atoms with E-state index in [1.165, 1.54) is 11.8 Å². The number of rotatable bonds is 0. The van der Waals surface area contributed by atoms with Gasteiger partial charge in [0.25, 0.3) is 0 Å². The van der Waals surface area contributed by atoms with E-state index in [4.69, 9.17) is 4.74 Å². The van der Waals surface area contributed by atoms with Crippen LogP contribution in [0.15, 0.2) is 0 Å². The minimum Gasteiger partial charge on any atom is -0.444 e. The van der Waals surface area contributed by atoms with Crippen molar-refractivity contribution in [2.24, 2.45) is 5.92 Å². The van der Waals surface area contributed by atoms with Gasteiger partial charge < -0.3 is 14.7 Å². The molecular formula is C13H22F3NO3. The zero-order valence-corrected chi connectivity index (χ0v) is 12.3. The van der Waals surface area contributed by atoms with Crippen LogP contribution in [0.3, 0.4) is 0 Å². The summed E-state index contributed by atoms with van der Waals surface area (Å²) >= 11 is 0. The van der Waals surface area contributed by atoms with E-state index in [0.29, 0.717) is 0 Å². The molecule has 0 aromatic carbocycles. The predicted molar refractivity (Wildman–Crippen MR) is 67.2 cm³/mol. The largest absolute Gasteiger partial charge is 0.444 e. The van der Waals surface area contributed by atoms with Crippen molar-refractivity contribution in [2.45, 2.75) is 57.9 Å². The van der Waals surface area contributed by atoms with Crippen LogP contribution in [0.4, 0.5) is 18.0 Å². The third-order valence-corrected chi connectivity index (χ3v) is 3.44. The fraction of sp³-hybridized carbons (Fsp3) is 0.923. The Balaban J connectivity index is 2.82. The fourth-order valence-electron chi connectivity index (χ4n) is 2.27. The van der Waals surface area contributed by atoms with E-state index in [1.54, 1.807) is 20.8 Å². The van der Waals surface area contributed by atoms with Crippen LogP contribution >= 0.6 is 0 Å². The van der Waals surface area contributed by atoms with Gasteiger partial charge in [-0.3, -0.25) is 0 Å². The molecule has 1 fully saturated rings. The molecular weight excluding hydrogens is 275 g/mol. The lowest BCUT2D eigenvalue weighted by Crippen LogP contribution is -2.52. The quantitative estimate of drug-likeness (QED) is 0.748. The number of likely N-dealkylation sites (tertiary alicyclic amines) is 1. The second-order valence-corrected chi connectivity index (χ2v) is 6.35. The van der Waals surface area contributed by atoms with Gasteiger partial charge in [-0.1, -0.05) is 6.92 Å². The Labute approximate surface area is 116 Å². The highest BCUT2D eigenvalue weighted by Gasteiger charge is 2.57. The number of ether oxygens (including phenoxy) is 1. The van der Waals surface area contributed by atoms with Crippen LogP contribution in [0.5, 0.6) is 0 Å². The number of hydrogen-bond acceptors (Lipinski definition) is 3. The smallest absolute Gasteiger partial charge is 0.417 e. The summed E-state index contributed by atoms with van der Waals surface area (Å²) in [6.07, 6.45) is -5.66. The maximum absolute atomic E-state index is 13.0. The van der Waals surface area contributed by atoms with Crippen molar-refractivity contribution in [2.75, 3.05) is 13.1 Å². The SMILES string of the molecule is C[C@@H]1CN(C(=O)OC(C)(C)C)CCC[C@@]1(O)C(F)(F)F. The summed E-state index contributed by atoms with van der Waals surface area (Å²) in [5, 5.41) is 9.88. The zero-order valence-electron chi connectivity index (χ0n) is 12.3. The molecule has 118 valence electrons. The second-order valence-electron chi connectivity index (χ2n) is 6.35. The average Bonchev–Trinajstić information content (AvgIpc) is 2.36. The van der Waals surface area contributed by atoms with Gasteiger partial charge in [0.2, 0.25) is 0 Å². The monoisotopic (exact) mass is 297 g/mol. The van der Waals surface area contributed by atoms with Gasteiger partial charge in [-0.15, -0.1) is 0 Å². The second kappa shape index (κ2) is 5.42. The van der Waals surface area contributed by atoms with Crippen molar-refractivity contribution in [3.8, 4) is 0 Å². The molecule has 7 heteroatoms. The van der Waals surface area contributed by atoms with Crippen LogP contribution in [0.1, 0.15) is 40.5 Å². The van der Waals surface area contributed by atoms with E-state index in [2.05, 4.69) is 0 Å². The van der Waals surface area contributed by atoms with E-state index < -0.39 is 35.8 Å². The van der Waals surface area contributed by atoms with Gasteiger partial charge >= 0.3 is 12.3 Å². The van der Waals surface area contributed by atoms with Crippen molar-refractivity contribution in [3.05, 3.63) is 0 Å². The van der Waals surface area contributed by atoms with Gasteiger partial charge in [-0.2, -0.15) is 13.2 Å². The summed E-state index contributed by atoms with van der Waals surface area (Å²) in [6, 6.07) is 0. The Morgan fingerprint density at radius 1 is 1.35 bits per heavy atom. The molecule has 1 aliphatic heterocycles. The molecule has 20 heavy (non-hydrogen) atoms. The summed E-state index contributed by atoms with van der Waals surface area (Å²) in [4.78, 5) is 13.1. The van der Waals surface area contributed by atoms with Crippen LogP contribution in [0, 0.1) is 5.92 Å². The van der Waals surface area contributed by atoms with Crippen LogP contribution in [0.25, 0.3) is 0 Å². The molecule has 0 aromatic heterocycles. The number of alkyl halides is 3. The number of hydrogen-bond donors (Lipinski definition) is 1. The molecule has 1 saturated heterocycles. The molecule has 0 bridgehead atoms. The number of carbonyl (C=O) groups excluding carboxylic acids is 1. The zero-order chi connectivity index (χ0) is 15.8. The normalized spacial score (nSPS) is 29.0. The summed E-state index contributed by atoms with van der Waals surface area (Å²) in [5.41, 5.74) is -3.45. The molecule has 4 nitrogen and oxygen atoms in total. The summed E-state index contributed by atoms with van der Waals surface area (Å²) in [7, 11) is 0. The van der Waals surface area contributed by atoms with Crippen LogP contribution < -0.4 is 0 Å². The van der Waals surface area contributed by atoms with E-state index in [1.807, 2.05) is 0 Å². The van der Waals surface area contributed by atoms with Gasteiger partial charge in [0.1, 0.15) is 5.60 Å². The predicted octanol–water partition coefficient (Wildman–Crippen LogP) is 2.95. The lowest BCUT2D eigenvalue weighted by atomic mass is 9.85. The average molecular weight is 297 g/mol. The van der Waals surface area contributed by atoms with Crippen molar-refractivity contribution in [1.29, 1.82) is 0 Å². The Kier molecular flexibility index (Phi) is 4.63. The Morgan fingerprint density at radius 3 is 2.35 bits per heavy atom. The molecule has 1 N–H and O–H groups in total. The van der Waals surface area contributed by atoms with E-state index >= 15 is 0 Å². The molecule has 0 saturated carbocycles. The van der Waals surface area contributed by atoms with Gasteiger partial charge in [0.15, 0.2) is 5.60 Å². The van der Waals surface area contributed by atoms with E-state index in [9.17, 15) is 23.1 Å². The first-order chi connectivity index (χ1) is 8.87. The molecule has 1 aliphatic rings. The first kappa shape index (κ1) is 17.1. The summed E-state index contributed by atoms with van der Waals surface area (Å²) in [6.45, 7) is 6.35. The lowest BCUT2D eigenvalue weighted by molar-refractivity contribution is -0.278. The molecule has 0 aromatic rings. The Hall–Kier alpha value is -0.980.